The van der Waals surface area contributed by atoms with Crippen LogP contribution in [-0.4, -0.2) is 47.3 Å². The molecule has 7 heteroatoms. The van der Waals surface area contributed by atoms with Crippen LogP contribution >= 0.6 is 11.8 Å². The molecule has 0 saturated heterocycles. The van der Waals surface area contributed by atoms with Gasteiger partial charge in [0.05, 0.1) is 18.4 Å². The molecule has 0 atom stereocenters. The van der Waals surface area contributed by atoms with Crippen LogP contribution in [0.1, 0.15) is 32.1 Å². The van der Waals surface area contributed by atoms with E-state index >= 15 is 0 Å². The lowest BCUT2D eigenvalue weighted by Crippen LogP contribution is -2.27. The van der Waals surface area contributed by atoms with Gasteiger partial charge in [-0.25, -0.2) is 9.78 Å². The Bertz CT molecular complexity index is 808. The van der Waals surface area contributed by atoms with E-state index in [9.17, 15) is 9.59 Å². The molecule has 1 N–H and O–H groups in total. The van der Waals surface area contributed by atoms with Crippen molar-refractivity contribution in [3.05, 3.63) is 52.8 Å². The van der Waals surface area contributed by atoms with Crippen molar-refractivity contribution < 1.29 is 19.4 Å². The molecule has 1 aromatic carbocycles. The Morgan fingerprint density at radius 3 is 2.56 bits per heavy atom. The third-order valence-corrected chi connectivity index (χ3v) is 4.53. The SMILES string of the molecule is COc1cc(CN(C)C(=O)c2ccc(C(=O)O)c(C)n2)ccc1SC. The maximum absolute atomic E-state index is 12.5. The van der Waals surface area contributed by atoms with Gasteiger partial charge in [-0.05, 0) is 43.0 Å². The first-order valence-electron chi connectivity index (χ1n) is 7.54. The summed E-state index contributed by atoms with van der Waals surface area (Å²) in [4.78, 5) is 30.3. The highest BCUT2D eigenvalue weighted by molar-refractivity contribution is 7.98. The number of nitrogens with zero attached hydrogens (tertiary/aromatic N) is 2. The molecule has 0 aliphatic heterocycles. The predicted molar refractivity (Wildman–Crippen MR) is 96.5 cm³/mol. The average Bonchev–Trinajstić information content (AvgIpc) is 2.60. The maximum atomic E-state index is 12.5. The number of aromatic carboxylic acids is 1. The van der Waals surface area contributed by atoms with Crippen molar-refractivity contribution in [2.45, 2.75) is 18.4 Å². The molecular weight excluding hydrogens is 340 g/mol. The number of pyridine rings is 1. The highest BCUT2D eigenvalue weighted by Gasteiger charge is 2.17. The number of carbonyl (C=O) groups is 2. The van der Waals surface area contributed by atoms with Gasteiger partial charge in [0.2, 0.25) is 0 Å². The maximum Gasteiger partial charge on any atom is 0.337 e. The quantitative estimate of drug-likeness (QED) is 0.798. The molecule has 0 unspecified atom stereocenters. The molecule has 2 rings (SSSR count). The van der Waals surface area contributed by atoms with E-state index in [1.807, 2.05) is 24.5 Å². The van der Waals surface area contributed by atoms with Gasteiger partial charge >= 0.3 is 5.97 Å². The molecule has 0 saturated carbocycles. The molecule has 25 heavy (non-hydrogen) atoms. The van der Waals surface area contributed by atoms with E-state index in [0.717, 1.165) is 16.2 Å². The van der Waals surface area contributed by atoms with Gasteiger partial charge in [0.25, 0.3) is 5.91 Å². The molecule has 2 aromatic rings. The number of aromatic nitrogens is 1. The second-order valence-electron chi connectivity index (χ2n) is 5.49. The van der Waals surface area contributed by atoms with Crippen LogP contribution in [-0.2, 0) is 6.54 Å². The Labute approximate surface area is 150 Å². The minimum absolute atomic E-state index is 0.0941. The van der Waals surface area contributed by atoms with E-state index in [-0.39, 0.29) is 17.2 Å². The molecule has 0 spiro atoms. The molecule has 1 aromatic heterocycles. The van der Waals surface area contributed by atoms with Gasteiger partial charge in [-0.1, -0.05) is 6.07 Å². The largest absolute Gasteiger partial charge is 0.496 e. The second kappa shape index (κ2) is 8.02. The van der Waals surface area contributed by atoms with Crippen molar-refractivity contribution in [3.8, 4) is 5.75 Å². The van der Waals surface area contributed by atoms with Crippen LogP contribution in [0.4, 0.5) is 0 Å². The lowest BCUT2D eigenvalue weighted by Gasteiger charge is -2.18. The fourth-order valence-corrected chi connectivity index (χ4v) is 2.97. The summed E-state index contributed by atoms with van der Waals surface area (Å²) >= 11 is 1.59. The summed E-state index contributed by atoms with van der Waals surface area (Å²) in [5, 5.41) is 9.04. The number of methoxy groups -OCH3 is 1. The number of carboxylic acid groups (broad SMARTS) is 1. The molecule has 0 aliphatic carbocycles. The number of aryl methyl sites for hydroxylation is 1. The van der Waals surface area contributed by atoms with Gasteiger partial charge in [0.15, 0.2) is 0 Å². The zero-order valence-electron chi connectivity index (χ0n) is 14.6. The Kier molecular flexibility index (Phi) is 6.03. The summed E-state index contributed by atoms with van der Waals surface area (Å²) in [6, 6.07) is 8.65. The van der Waals surface area contributed by atoms with Gasteiger partial charge in [0, 0.05) is 18.5 Å². The Morgan fingerprint density at radius 2 is 2.00 bits per heavy atom. The minimum atomic E-state index is -1.06. The highest BCUT2D eigenvalue weighted by atomic mass is 32.2. The molecule has 1 amide bonds. The normalized spacial score (nSPS) is 10.4. The van der Waals surface area contributed by atoms with Gasteiger partial charge in [-0.2, -0.15) is 0 Å². The zero-order chi connectivity index (χ0) is 18.6. The zero-order valence-corrected chi connectivity index (χ0v) is 15.4. The molecular formula is C18H20N2O4S. The molecule has 0 aliphatic rings. The predicted octanol–water partition coefficient (Wildman–Crippen LogP) is 3.09. The number of thioether (sulfide) groups is 1. The number of ether oxygens (including phenoxy) is 1. The van der Waals surface area contributed by atoms with E-state index in [2.05, 4.69) is 4.98 Å². The van der Waals surface area contributed by atoms with Crippen molar-refractivity contribution in [3.63, 3.8) is 0 Å². The van der Waals surface area contributed by atoms with Crippen LogP contribution in [0.2, 0.25) is 0 Å². The lowest BCUT2D eigenvalue weighted by molar-refractivity contribution is 0.0693. The third-order valence-electron chi connectivity index (χ3n) is 3.75. The van der Waals surface area contributed by atoms with Crippen molar-refractivity contribution >= 4 is 23.6 Å². The number of carboxylic acids is 1. The molecule has 0 bridgehead atoms. The summed E-state index contributed by atoms with van der Waals surface area (Å²) in [7, 11) is 3.30. The number of amides is 1. The van der Waals surface area contributed by atoms with Crippen LogP contribution in [0.25, 0.3) is 0 Å². The second-order valence-corrected chi connectivity index (χ2v) is 6.33. The van der Waals surface area contributed by atoms with Crippen molar-refractivity contribution in [1.29, 1.82) is 0 Å². The smallest absolute Gasteiger partial charge is 0.337 e. The Balaban J connectivity index is 2.18. The minimum Gasteiger partial charge on any atom is -0.496 e. The molecule has 1 heterocycles. The van der Waals surface area contributed by atoms with E-state index in [1.54, 1.807) is 32.8 Å². The molecule has 0 fully saturated rings. The highest BCUT2D eigenvalue weighted by Crippen LogP contribution is 2.28. The fraction of sp³-hybridized carbons (Fsp3) is 0.278. The van der Waals surface area contributed by atoms with Crippen molar-refractivity contribution in [1.82, 2.24) is 9.88 Å². The number of carbonyl (C=O) groups excluding carboxylic acids is 1. The summed E-state index contributed by atoms with van der Waals surface area (Å²) in [6.45, 7) is 1.97. The first kappa shape index (κ1) is 18.8. The van der Waals surface area contributed by atoms with Crippen molar-refractivity contribution in [2.75, 3.05) is 20.4 Å². The average molecular weight is 360 g/mol. The monoisotopic (exact) mass is 360 g/mol. The standard InChI is InChI=1S/C18H20N2O4S/c1-11-13(18(22)23)6-7-14(19-11)17(21)20(2)10-12-5-8-16(25-4)15(9-12)24-3/h5-9H,10H2,1-4H3,(H,22,23). The first-order chi connectivity index (χ1) is 11.9. The number of hydrogen-bond acceptors (Lipinski definition) is 5. The van der Waals surface area contributed by atoms with E-state index in [4.69, 9.17) is 9.84 Å². The molecule has 0 radical (unpaired) electrons. The van der Waals surface area contributed by atoms with Crippen LogP contribution in [0, 0.1) is 6.92 Å². The van der Waals surface area contributed by atoms with Crippen LogP contribution in [0.15, 0.2) is 35.2 Å². The third kappa shape index (κ3) is 4.30. The van der Waals surface area contributed by atoms with Gasteiger partial charge < -0.3 is 14.7 Å². The van der Waals surface area contributed by atoms with Crippen LogP contribution in [0.3, 0.4) is 0 Å². The van der Waals surface area contributed by atoms with Gasteiger partial charge in [-0.3, -0.25) is 4.79 Å². The van der Waals surface area contributed by atoms with Gasteiger partial charge in [-0.15, -0.1) is 11.8 Å². The van der Waals surface area contributed by atoms with Gasteiger partial charge in [0.1, 0.15) is 11.4 Å². The van der Waals surface area contributed by atoms with Crippen LogP contribution in [0.5, 0.6) is 5.75 Å². The van der Waals surface area contributed by atoms with E-state index < -0.39 is 5.97 Å². The Morgan fingerprint density at radius 1 is 1.28 bits per heavy atom. The van der Waals surface area contributed by atoms with Crippen LogP contribution < -0.4 is 4.74 Å². The summed E-state index contributed by atoms with van der Waals surface area (Å²) < 4.78 is 5.36. The summed E-state index contributed by atoms with van der Waals surface area (Å²) in [5.41, 5.74) is 1.57. The summed E-state index contributed by atoms with van der Waals surface area (Å²) in [6.07, 6.45) is 1.97. The summed E-state index contributed by atoms with van der Waals surface area (Å²) in [5.74, 6) is -0.558. The van der Waals surface area contributed by atoms with E-state index in [1.165, 1.54) is 17.0 Å². The topological polar surface area (TPSA) is 79.7 Å². The number of rotatable bonds is 6. The first-order valence-corrected chi connectivity index (χ1v) is 8.77. The van der Waals surface area contributed by atoms with Crippen molar-refractivity contribution in [2.24, 2.45) is 0 Å². The fourth-order valence-electron chi connectivity index (χ4n) is 2.43. The lowest BCUT2D eigenvalue weighted by atomic mass is 10.1. The Hall–Kier alpha value is -2.54. The molecule has 6 nitrogen and oxygen atoms in total. The molecule has 132 valence electrons. The number of hydrogen-bond donors (Lipinski definition) is 1. The number of benzene rings is 1. The van der Waals surface area contributed by atoms with E-state index in [0.29, 0.717) is 12.2 Å².